The second kappa shape index (κ2) is 12.6. The summed E-state index contributed by atoms with van der Waals surface area (Å²) in [5.41, 5.74) is 1.40. The van der Waals surface area contributed by atoms with Crippen LogP contribution in [0.2, 0.25) is 0 Å². The fraction of sp³-hybridized carbons (Fsp3) is 0.481. The van der Waals surface area contributed by atoms with Crippen LogP contribution in [-0.2, 0) is 37.3 Å². The lowest BCUT2D eigenvalue weighted by atomic mass is 9.99. The fourth-order valence-electron chi connectivity index (χ4n) is 4.91. The van der Waals surface area contributed by atoms with E-state index in [1.165, 1.54) is 51.9 Å². The van der Waals surface area contributed by atoms with Gasteiger partial charge in [0.15, 0.2) is 0 Å². The van der Waals surface area contributed by atoms with Gasteiger partial charge in [-0.1, -0.05) is 0 Å². The quantitative estimate of drug-likeness (QED) is 0.474. The summed E-state index contributed by atoms with van der Waals surface area (Å²) in [5, 5.41) is 3.20. The Morgan fingerprint density at radius 2 is 1.73 bits per heavy atom. The van der Waals surface area contributed by atoms with Crippen LogP contribution in [0.25, 0.3) is 0 Å². The Bertz CT molecular complexity index is 1430. The maximum Gasteiger partial charge on any atom is 0.410 e. The molecule has 0 aliphatic carbocycles. The van der Waals surface area contributed by atoms with Gasteiger partial charge in [-0.05, 0) is 56.0 Å². The molecule has 3 heterocycles. The van der Waals surface area contributed by atoms with Crippen molar-refractivity contribution in [2.45, 2.75) is 37.6 Å². The number of thiophene rings is 1. The first-order chi connectivity index (χ1) is 19.5. The first kappa shape index (κ1) is 30.5. The average Bonchev–Trinajstić information content (AvgIpc) is 3.33. The number of nitrogens with zero attached hydrogens (tertiary/aromatic N) is 3. The normalized spacial score (nSPS) is 16.0. The number of anilines is 1. The van der Waals surface area contributed by atoms with Gasteiger partial charge in [0.05, 0.1) is 36.6 Å². The van der Waals surface area contributed by atoms with E-state index in [4.69, 9.17) is 9.47 Å². The standard InChI is InChI=1S/C27H34N4O8S2/c1-5-39-27(35)30-13-12-20-21(16-30)40-24(22(20)25(33)29(2)3)28-23(32)17-6-8-19(9-7-17)41(36,37)31-14-10-18(11-15-31)26(34)38-4/h6-9,18H,5,10-16H2,1-4H3,(H,28,32). The third-order valence-corrected chi connectivity index (χ3v) is 10.2. The Labute approximate surface area is 243 Å². The molecule has 0 radical (unpaired) electrons. The van der Waals surface area contributed by atoms with Gasteiger partial charge in [-0.25, -0.2) is 13.2 Å². The molecule has 1 saturated heterocycles. The number of hydrogen-bond acceptors (Lipinski definition) is 9. The van der Waals surface area contributed by atoms with Crippen LogP contribution in [0.15, 0.2) is 29.2 Å². The van der Waals surface area contributed by atoms with Crippen LogP contribution < -0.4 is 5.32 Å². The molecule has 2 aromatic rings. The number of esters is 1. The lowest BCUT2D eigenvalue weighted by molar-refractivity contribution is -0.146. The fourth-order valence-corrected chi connectivity index (χ4v) is 7.63. The van der Waals surface area contributed by atoms with Crippen LogP contribution in [-0.4, -0.2) is 93.8 Å². The first-order valence-corrected chi connectivity index (χ1v) is 15.5. The van der Waals surface area contributed by atoms with Crippen LogP contribution in [0.4, 0.5) is 9.80 Å². The maximum absolute atomic E-state index is 13.2. The van der Waals surface area contributed by atoms with Crippen LogP contribution >= 0.6 is 11.3 Å². The summed E-state index contributed by atoms with van der Waals surface area (Å²) in [7, 11) is 0.765. The van der Waals surface area contributed by atoms with E-state index in [1.54, 1.807) is 25.9 Å². The van der Waals surface area contributed by atoms with E-state index in [9.17, 15) is 27.6 Å². The smallest absolute Gasteiger partial charge is 0.410 e. The van der Waals surface area contributed by atoms with Crippen molar-refractivity contribution >= 4 is 50.2 Å². The Morgan fingerprint density at radius 1 is 1.07 bits per heavy atom. The third-order valence-electron chi connectivity index (χ3n) is 7.17. The summed E-state index contributed by atoms with van der Waals surface area (Å²) in [5.74, 6) is -1.42. The van der Waals surface area contributed by atoms with Gasteiger partial charge in [-0.3, -0.25) is 14.4 Å². The SMILES string of the molecule is CCOC(=O)N1CCc2c(sc(NC(=O)c3ccc(S(=O)(=O)N4CCC(C(=O)OC)CC4)cc3)c2C(=O)N(C)C)C1. The highest BCUT2D eigenvalue weighted by Gasteiger charge is 2.34. The van der Waals surface area contributed by atoms with Gasteiger partial charge in [0.2, 0.25) is 10.0 Å². The number of carbonyl (C=O) groups is 4. The highest BCUT2D eigenvalue weighted by Crippen LogP contribution is 2.38. The molecule has 0 spiro atoms. The number of methoxy groups -OCH3 is 1. The Balaban J connectivity index is 1.51. The zero-order valence-corrected chi connectivity index (χ0v) is 25.1. The van der Waals surface area contributed by atoms with Crippen molar-refractivity contribution in [1.82, 2.24) is 14.1 Å². The number of ether oxygens (including phenoxy) is 2. The Hall–Kier alpha value is -3.49. The molecule has 0 atom stereocenters. The zero-order valence-electron chi connectivity index (χ0n) is 23.5. The zero-order chi connectivity index (χ0) is 29.9. The summed E-state index contributed by atoms with van der Waals surface area (Å²) in [6, 6.07) is 5.60. The second-order valence-corrected chi connectivity index (χ2v) is 13.0. The summed E-state index contributed by atoms with van der Waals surface area (Å²) in [4.78, 5) is 54.2. The topological polar surface area (TPSA) is 143 Å². The predicted octanol–water partition coefficient (Wildman–Crippen LogP) is 2.79. The van der Waals surface area contributed by atoms with Gasteiger partial charge in [-0.15, -0.1) is 11.3 Å². The summed E-state index contributed by atoms with van der Waals surface area (Å²) >= 11 is 1.24. The van der Waals surface area contributed by atoms with Crippen LogP contribution in [0.5, 0.6) is 0 Å². The second-order valence-electron chi connectivity index (χ2n) is 9.96. The van der Waals surface area contributed by atoms with E-state index < -0.39 is 22.0 Å². The number of piperidine rings is 1. The molecule has 41 heavy (non-hydrogen) atoms. The van der Waals surface area contributed by atoms with Crippen molar-refractivity contribution in [3.05, 3.63) is 45.8 Å². The molecule has 3 amide bonds. The van der Waals surface area contributed by atoms with E-state index in [0.717, 1.165) is 10.4 Å². The molecule has 12 nitrogen and oxygen atoms in total. The van der Waals surface area contributed by atoms with Crippen molar-refractivity contribution in [3.63, 3.8) is 0 Å². The van der Waals surface area contributed by atoms with Gasteiger partial charge in [0.25, 0.3) is 11.8 Å². The molecule has 0 unspecified atom stereocenters. The largest absolute Gasteiger partial charge is 0.469 e. The van der Waals surface area contributed by atoms with Crippen molar-refractivity contribution in [1.29, 1.82) is 0 Å². The van der Waals surface area contributed by atoms with E-state index in [2.05, 4.69) is 5.32 Å². The summed E-state index contributed by atoms with van der Waals surface area (Å²) in [6.07, 6.45) is 0.769. The molecule has 2 aliphatic heterocycles. The third kappa shape index (κ3) is 6.39. The van der Waals surface area contributed by atoms with Gasteiger partial charge in [0.1, 0.15) is 5.00 Å². The van der Waals surface area contributed by atoms with Gasteiger partial charge < -0.3 is 24.6 Å². The molecule has 1 N–H and O–H groups in total. The Morgan fingerprint density at radius 3 is 2.32 bits per heavy atom. The highest BCUT2D eigenvalue weighted by atomic mass is 32.2. The number of carbonyl (C=O) groups excluding carboxylic acids is 4. The minimum Gasteiger partial charge on any atom is -0.469 e. The van der Waals surface area contributed by atoms with Gasteiger partial charge in [-0.2, -0.15) is 4.31 Å². The Kier molecular flexibility index (Phi) is 9.34. The van der Waals surface area contributed by atoms with Crippen molar-refractivity contribution < 1.29 is 37.1 Å². The number of rotatable bonds is 7. The number of nitrogens with one attached hydrogen (secondary N) is 1. The molecule has 1 aromatic heterocycles. The average molecular weight is 607 g/mol. The molecule has 4 rings (SSSR count). The van der Waals surface area contributed by atoms with Gasteiger partial charge in [0, 0.05) is 44.2 Å². The van der Waals surface area contributed by atoms with Crippen molar-refractivity contribution in [2.75, 3.05) is 52.8 Å². The molecule has 222 valence electrons. The number of amides is 3. The molecule has 1 aromatic carbocycles. The number of fused-ring (bicyclic) bond motifs is 1. The van der Waals surface area contributed by atoms with E-state index in [0.29, 0.717) is 36.4 Å². The number of hydrogen-bond donors (Lipinski definition) is 1. The molecule has 14 heteroatoms. The molecule has 1 fully saturated rings. The summed E-state index contributed by atoms with van der Waals surface area (Å²) < 4.78 is 37.5. The lowest BCUT2D eigenvalue weighted by Crippen LogP contribution is -2.40. The molecule has 0 saturated carbocycles. The number of benzene rings is 1. The molecular formula is C27H34N4O8S2. The van der Waals surface area contributed by atoms with E-state index in [-0.39, 0.29) is 54.5 Å². The van der Waals surface area contributed by atoms with E-state index >= 15 is 0 Å². The lowest BCUT2D eigenvalue weighted by Gasteiger charge is -2.29. The maximum atomic E-state index is 13.2. The summed E-state index contributed by atoms with van der Waals surface area (Å²) in [6.45, 7) is 3.04. The number of sulfonamides is 1. The highest BCUT2D eigenvalue weighted by molar-refractivity contribution is 7.89. The minimum absolute atomic E-state index is 0.0414. The van der Waals surface area contributed by atoms with Crippen molar-refractivity contribution in [2.24, 2.45) is 5.92 Å². The van der Waals surface area contributed by atoms with Crippen molar-refractivity contribution in [3.8, 4) is 0 Å². The first-order valence-electron chi connectivity index (χ1n) is 13.2. The molecule has 0 bridgehead atoms. The van der Waals surface area contributed by atoms with Crippen LogP contribution in [0.3, 0.4) is 0 Å². The monoisotopic (exact) mass is 606 g/mol. The minimum atomic E-state index is -3.81. The van der Waals surface area contributed by atoms with Crippen LogP contribution in [0.1, 0.15) is 50.9 Å². The predicted molar refractivity (Wildman–Crippen MR) is 151 cm³/mol. The van der Waals surface area contributed by atoms with E-state index in [1.807, 2.05) is 0 Å². The van der Waals surface area contributed by atoms with Crippen LogP contribution in [0, 0.1) is 5.92 Å². The molecule has 2 aliphatic rings. The van der Waals surface area contributed by atoms with Gasteiger partial charge >= 0.3 is 12.1 Å². The molecular weight excluding hydrogens is 572 g/mol.